The van der Waals surface area contributed by atoms with Gasteiger partial charge in [-0.15, -0.1) is 0 Å². The first kappa shape index (κ1) is 13.8. The Morgan fingerprint density at radius 3 is 2.50 bits per heavy atom. The van der Waals surface area contributed by atoms with Crippen LogP contribution in [0.4, 0.5) is 13.2 Å². The Bertz CT molecular complexity index is 206. The van der Waals surface area contributed by atoms with E-state index in [-0.39, 0.29) is 6.04 Å². The van der Waals surface area contributed by atoms with E-state index in [0.29, 0.717) is 12.5 Å². The van der Waals surface area contributed by atoms with E-state index in [4.69, 9.17) is 5.73 Å². The number of hydrogen-bond acceptors (Lipinski definition) is 2. The molecule has 1 rings (SSSR count). The summed E-state index contributed by atoms with van der Waals surface area (Å²) in [4.78, 5) is 0. The number of rotatable bonds is 4. The molecule has 3 N–H and O–H groups in total. The average Bonchev–Trinajstić information content (AvgIpc) is 2.15. The van der Waals surface area contributed by atoms with Crippen LogP contribution in [0, 0.1) is 5.92 Å². The van der Waals surface area contributed by atoms with Crippen LogP contribution in [-0.4, -0.2) is 24.8 Å². The fourth-order valence-corrected chi connectivity index (χ4v) is 2.48. The minimum Gasteiger partial charge on any atom is -0.330 e. The highest BCUT2D eigenvalue weighted by Gasteiger charge is 2.32. The molecule has 1 fully saturated rings. The molecule has 0 heterocycles. The molecule has 0 aliphatic heterocycles. The van der Waals surface area contributed by atoms with Crippen molar-refractivity contribution in [2.75, 3.05) is 6.54 Å². The van der Waals surface area contributed by atoms with Crippen molar-refractivity contribution in [1.29, 1.82) is 0 Å². The van der Waals surface area contributed by atoms with Gasteiger partial charge in [0.25, 0.3) is 0 Å². The molecule has 0 aromatic rings. The Morgan fingerprint density at radius 2 is 1.94 bits per heavy atom. The van der Waals surface area contributed by atoms with Gasteiger partial charge < -0.3 is 11.1 Å². The summed E-state index contributed by atoms with van der Waals surface area (Å²) in [5, 5.41) is 3.08. The van der Waals surface area contributed by atoms with Crippen molar-refractivity contribution in [2.45, 2.75) is 57.3 Å². The van der Waals surface area contributed by atoms with Crippen molar-refractivity contribution in [3.63, 3.8) is 0 Å². The van der Waals surface area contributed by atoms with Gasteiger partial charge in [0.15, 0.2) is 0 Å². The van der Waals surface area contributed by atoms with Gasteiger partial charge in [0.05, 0.1) is 6.42 Å². The molecule has 1 aliphatic rings. The predicted molar refractivity (Wildman–Crippen MR) is 58.1 cm³/mol. The van der Waals surface area contributed by atoms with E-state index in [0.717, 1.165) is 25.7 Å². The molecule has 0 amide bonds. The van der Waals surface area contributed by atoms with Crippen LogP contribution in [0.25, 0.3) is 0 Å². The zero-order valence-electron chi connectivity index (χ0n) is 9.69. The Hall–Kier alpha value is -0.290. The van der Waals surface area contributed by atoms with Gasteiger partial charge in [-0.25, -0.2) is 0 Å². The minimum atomic E-state index is -4.08. The zero-order chi connectivity index (χ0) is 12.2. The van der Waals surface area contributed by atoms with Gasteiger partial charge in [0.2, 0.25) is 0 Å². The summed E-state index contributed by atoms with van der Waals surface area (Å²) in [5.74, 6) is 0.337. The van der Waals surface area contributed by atoms with Crippen LogP contribution < -0.4 is 11.1 Å². The monoisotopic (exact) mass is 238 g/mol. The maximum absolute atomic E-state index is 12.2. The molecule has 16 heavy (non-hydrogen) atoms. The molecule has 0 aromatic heterocycles. The smallest absolute Gasteiger partial charge is 0.330 e. The third-order valence-corrected chi connectivity index (χ3v) is 3.25. The molecule has 0 radical (unpaired) electrons. The Labute approximate surface area is 94.8 Å². The molecule has 1 saturated carbocycles. The third-order valence-electron chi connectivity index (χ3n) is 3.25. The van der Waals surface area contributed by atoms with E-state index in [9.17, 15) is 13.2 Å². The highest BCUT2D eigenvalue weighted by atomic mass is 19.4. The van der Waals surface area contributed by atoms with Crippen molar-refractivity contribution in [3.05, 3.63) is 0 Å². The highest BCUT2D eigenvalue weighted by molar-refractivity contribution is 4.84. The Balaban J connectivity index is 2.39. The molecule has 0 saturated heterocycles. The van der Waals surface area contributed by atoms with Crippen molar-refractivity contribution in [2.24, 2.45) is 11.7 Å². The Morgan fingerprint density at radius 1 is 1.31 bits per heavy atom. The quantitative estimate of drug-likeness (QED) is 0.789. The second kappa shape index (κ2) is 5.87. The predicted octanol–water partition coefficient (Wildman–Crippen LogP) is 2.43. The molecule has 0 bridgehead atoms. The lowest BCUT2D eigenvalue weighted by Crippen LogP contribution is -2.46. The lowest BCUT2D eigenvalue weighted by atomic mass is 9.84. The standard InChI is InChI=1S/C11H21F3N2/c1-8(6-11(12,13)14)16-10-5-3-2-4-9(10)7-15/h8-10,16H,2-7,15H2,1H3. The van der Waals surface area contributed by atoms with E-state index < -0.39 is 18.6 Å². The first-order valence-corrected chi connectivity index (χ1v) is 5.95. The van der Waals surface area contributed by atoms with Crippen LogP contribution in [0.5, 0.6) is 0 Å². The summed E-state index contributed by atoms with van der Waals surface area (Å²) in [6.07, 6.45) is -0.627. The second-order valence-electron chi connectivity index (χ2n) is 4.77. The summed E-state index contributed by atoms with van der Waals surface area (Å²) in [5.41, 5.74) is 5.63. The fraction of sp³-hybridized carbons (Fsp3) is 1.00. The fourth-order valence-electron chi connectivity index (χ4n) is 2.48. The van der Waals surface area contributed by atoms with Crippen LogP contribution in [0.3, 0.4) is 0 Å². The van der Waals surface area contributed by atoms with Crippen LogP contribution in [0.2, 0.25) is 0 Å². The number of nitrogens with two attached hydrogens (primary N) is 1. The number of hydrogen-bond donors (Lipinski definition) is 2. The van der Waals surface area contributed by atoms with Crippen LogP contribution >= 0.6 is 0 Å². The van der Waals surface area contributed by atoms with Gasteiger partial charge in [-0.2, -0.15) is 13.2 Å². The molecule has 3 unspecified atom stereocenters. The van der Waals surface area contributed by atoms with Crippen molar-refractivity contribution in [1.82, 2.24) is 5.32 Å². The number of nitrogens with one attached hydrogen (secondary N) is 1. The average molecular weight is 238 g/mol. The van der Waals surface area contributed by atoms with Crippen LogP contribution in [-0.2, 0) is 0 Å². The summed E-state index contributed by atoms with van der Waals surface area (Å²) in [6.45, 7) is 2.16. The molecular formula is C11H21F3N2. The van der Waals surface area contributed by atoms with Gasteiger partial charge in [-0.1, -0.05) is 12.8 Å². The van der Waals surface area contributed by atoms with E-state index in [2.05, 4.69) is 5.32 Å². The van der Waals surface area contributed by atoms with Gasteiger partial charge >= 0.3 is 6.18 Å². The molecule has 0 spiro atoms. The van der Waals surface area contributed by atoms with Gasteiger partial charge in [0, 0.05) is 12.1 Å². The molecule has 2 nitrogen and oxygen atoms in total. The van der Waals surface area contributed by atoms with E-state index in [1.54, 1.807) is 6.92 Å². The first-order valence-electron chi connectivity index (χ1n) is 5.95. The van der Waals surface area contributed by atoms with Crippen molar-refractivity contribution in [3.8, 4) is 0 Å². The topological polar surface area (TPSA) is 38.0 Å². The largest absolute Gasteiger partial charge is 0.390 e. The van der Waals surface area contributed by atoms with E-state index in [1.165, 1.54) is 0 Å². The number of alkyl halides is 3. The zero-order valence-corrected chi connectivity index (χ0v) is 9.69. The molecular weight excluding hydrogens is 217 g/mol. The Kier molecular flexibility index (Phi) is 5.05. The lowest BCUT2D eigenvalue weighted by molar-refractivity contribution is -0.139. The normalized spacial score (nSPS) is 29.1. The lowest BCUT2D eigenvalue weighted by Gasteiger charge is -2.34. The minimum absolute atomic E-state index is 0.163. The summed E-state index contributed by atoms with van der Waals surface area (Å²) >= 11 is 0. The number of halogens is 3. The molecule has 96 valence electrons. The summed E-state index contributed by atoms with van der Waals surface area (Å²) in [6, 6.07) is -0.353. The molecule has 3 atom stereocenters. The van der Waals surface area contributed by atoms with Gasteiger partial charge in [0.1, 0.15) is 0 Å². The highest BCUT2D eigenvalue weighted by Crippen LogP contribution is 2.26. The van der Waals surface area contributed by atoms with Crippen LogP contribution in [0.1, 0.15) is 39.0 Å². The maximum Gasteiger partial charge on any atom is 0.390 e. The van der Waals surface area contributed by atoms with Gasteiger partial charge in [-0.3, -0.25) is 0 Å². The van der Waals surface area contributed by atoms with Crippen LogP contribution in [0.15, 0.2) is 0 Å². The SMILES string of the molecule is CC(CC(F)(F)F)NC1CCCCC1CN. The molecule has 5 heteroatoms. The van der Waals surface area contributed by atoms with Gasteiger partial charge in [-0.05, 0) is 32.2 Å². The maximum atomic E-state index is 12.2. The summed E-state index contributed by atoms with van der Waals surface area (Å²) in [7, 11) is 0. The third kappa shape index (κ3) is 4.70. The molecule has 0 aromatic carbocycles. The van der Waals surface area contributed by atoms with E-state index >= 15 is 0 Å². The van der Waals surface area contributed by atoms with Crippen molar-refractivity contribution < 1.29 is 13.2 Å². The molecule has 1 aliphatic carbocycles. The second-order valence-corrected chi connectivity index (χ2v) is 4.77. The first-order chi connectivity index (χ1) is 7.42. The van der Waals surface area contributed by atoms with Crippen molar-refractivity contribution >= 4 is 0 Å². The van der Waals surface area contributed by atoms with E-state index in [1.807, 2.05) is 0 Å². The summed E-state index contributed by atoms with van der Waals surface area (Å²) < 4.78 is 36.5.